The molecule has 102 valence electrons. The number of hydrogen-bond acceptors (Lipinski definition) is 1. The normalized spacial score (nSPS) is 11.0. The summed E-state index contributed by atoms with van der Waals surface area (Å²) < 4.78 is 52.0. The van der Waals surface area contributed by atoms with E-state index in [1.54, 1.807) is 0 Å². The van der Waals surface area contributed by atoms with Crippen molar-refractivity contribution in [3.8, 4) is 0 Å². The van der Waals surface area contributed by atoms with Crippen molar-refractivity contribution in [2.24, 2.45) is 0 Å². The lowest BCUT2D eigenvalue weighted by molar-refractivity contribution is 0.104. The zero-order valence-electron chi connectivity index (χ0n) is 10.0. The van der Waals surface area contributed by atoms with Crippen LogP contribution in [0.15, 0.2) is 42.5 Å². The Balaban J connectivity index is 2.24. The Kier molecular flexibility index (Phi) is 3.98. The molecule has 0 aliphatic rings. The van der Waals surface area contributed by atoms with Gasteiger partial charge in [-0.2, -0.15) is 0 Å². The van der Waals surface area contributed by atoms with Gasteiger partial charge in [0.2, 0.25) is 0 Å². The minimum absolute atomic E-state index is 0.0118. The van der Waals surface area contributed by atoms with Crippen molar-refractivity contribution >= 4 is 11.9 Å². The summed E-state index contributed by atoms with van der Waals surface area (Å²) in [6, 6.07) is 5.38. The molecule has 0 unspecified atom stereocenters. The van der Waals surface area contributed by atoms with Crippen LogP contribution in [0.2, 0.25) is 0 Å². The van der Waals surface area contributed by atoms with Crippen LogP contribution in [0.1, 0.15) is 15.9 Å². The summed E-state index contributed by atoms with van der Waals surface area (Å²) >= 11 is 0. The smallest absolute Gasteiger partial charge is 0.188 e. The number of rotatable bonds is 3. The fraction of sp³-hybridized carbons (Fsp3) is 0. The van der Waals surface area contributed by atoms with Crippen molar-refractivity contribution < 1.29 is 22.4 Å². The maximum atomic E-state index is 13.3. The molecule has 0 saturated heterocycles. The van der Waals surface area contributed by atoms with Crippen LogP contribution in [0, 0.1) is 23.3 Å². The molecule has 0 aliphatic heterocycles. The third-order valence-corrected chi connectivity index (χ3v) is 2.57. The van der Waals surface area contributed by atoms with Gasteiger partial charge in [0.15, 0.2) is 5.78 Å². The van der Waals surface area contributed by atoms with E-state index in [1.807, 2.05) is 0 Å². The van der Waals surface area contributed by atoms with E-state index in [1.165, 1.54) is 0 Å². The lowest BCUT2D eigenvalue weighted by Crippen LogP contribution is -1.99. The Labute approximate surface area is 112 Å². The molecule has 0 heterocycles. The van der Waals surface area contributed by atoms with Crippen molar-refractivity contribution in [2.45, 2.75) is 0 Å². The summed E-state index contributed by atoms with van der Waals surface area (Å²) in [4.78, 5) is 11.7. The molecule has 2 aromatic carbocycles. The molecule has 0 radical (unpaired) electrons. The van der Waals surface area contributed by atoms with Crippen molar-refractivity contribution in [1.29, 1.82) is 0 Å². The molecule has 0 spiro atoms. The first kappa shape index (κ1) is 14.0. The van der Waals surface area contributed by atoms with Crippen molar-refractivity contribution in [3.05, 3.63) is 76.9 Å². The topological polar surface area (TPSA) is 17.1 Å². The molecule has 1 nitrogen and oxygen atoms in total. The molecule has 5 heteroatoms. The number of hydrogen-bond donors (Lipinski definition) is 0. The van der Waals surface area contributed by atoms with E-state index >= 15 is 0 Å². The largest absolute Gasteiger partial charge is 0.289 e. The molecule has 0 bridgehead atoms. The first-order valence-electron chi connectivity index (χ1n) is 5.60. The molecule has 0 aromatic heterocycles. The summed E-state index contributed by atoms with van der Waals surface area (Å²) in [5.41, 5.74) is -0.340. The average molecular weight is 280 g/mol. The van der Waals surface area contributed by atoms with Gasteiger partial charge >= 0.3 is 0 Å². The van der Waals surface area contributed by atoms with E-state index in [2.05, 4.69) is 0 Å². The summed E-state index contributed by atoms with van der Waals surface area (Å²) in [5.74, 6) is -4.12. The highest BCUT2D eigenvalue weighted by molar-refractivity contribution is 6.06. The lowest BCUT2D eigenvalue weighted by Gasteiger charge is -1.99. The molecule has 0 saturated carbocycles. The standard InChI is InChI=1S/C15H8F4O/c16-10-3-1-9(13(18)7-10)2-6-15(20)12-5-4-11(17)8-14(12)19/h1-8H/b6-2+. The van der Waals surface area contributed by atoms with E-state index in [0.717, 1.165) is 36.4 Å². The van der Waals surface area contributed by atoms with Gasteiger partial charge in [-0.1, -0.05) is 0 Å². The van der Waals surface area contributed by atoms with Crippen molar-refractivity contribution in [3.63, 3.8) is 0 Å². The molecule has 0 aliphatic carbocycles. The van der Waals surface area contributed by atoms with Crippen molar-refractivity contribution in [1.82, 2.24) is 0 Å². The fourth-order valence-corrected chi connectivity index (χ4v) is 1.58. The van der Waals surface area contributed by atoms with Crippen LogP contribution < -0.4 is 0 Å². The molecule has 0 N–H and O–H groups in total. The molecule has 20 heavy (non-hydrogen) atoms. The predicted octanol–water partition coefficient (Wildman–Crippen LogP) is 4.14. The van der Waals surface area contributed by atoms with Crippen LogP contribution in [-0.2, 0) is 0 Å². The van der Waals surface area contributed by atoms with E-state index in [0.29, 0.717) is 12.1 Å². The Morgan fingerprint density at radius 3 is 2.05 bits per heavy atom. The highest BCUT2D eigenvalue weighted by Crippen LogP contribution is 2.14. The van der Waals surface area contributed by atoms with Crippen LogP contribution in [0.5, 0.6) is 0 Å². The summed E-state index contributed by atoms with van der Waals surface area (Å²) in [6.45, 7) is 0. The zero-order chi connectivity index (χ0) is 14.7. The Morgan fingerprint density at radius 2 is 1.45 bits per heavy atom. The summed E-state index contributed by atoms with van der Waals surface area (Å²) in [5, 5.41) is 0. The van der Waals surface area contributed by atoms with E-state index in [4.69, 9.17) is 0 Å². The average Bonchev–Trinajstić information content (AvgIpc) is 2.37. The molecular formula is C15H8F4O. The number of allylic oxidation sites excluding steroid dienone is 1. The second-order valence-electron chi connectivity index (χ2n) is 3.99. The van der Waals surface area contributed by atoms with Crippen LogP contribution in [0.25, 0.3) is 6.08 Å². The number of carbonyl (C=O) groups excluding carboxylic acids is 1. The van der Waals surface area contributed by atoms with E-state index < -0.39 is 29.1 Å². The predicted molar refractivity (Wildman–Crippen MR) is 66.1 cm³/mol. The molecule has 0 amide bonds. The Bertz CT molecular complexity index is 692. The maximum Gasteiger partial charge on any atom is 0.188 e. The van der Waals surface area contributed by atoms with Gasteiger partial charge in [0, 0.05) is 17.7 Å². The number of carbonyl (C=O) groups is 1. The molecule has 2 rings (SSSR count). The quantitative estimate of drug-likeness (QED) is 0.469. The maximum absolute atomic E-state index is 13.3. The monoisotopic (exact) mass is 280 g/mol. The van der Waals surface area contributed by atoms with Gasteiger partial charge in [0.1, 0.15) is 23.3 Å². The van der Waals surface area contributed by atoms with Gasteiger partial charge in [-0.15, -0.1) is 0 Å². The van der Waals surface area contributed by atoms with Gasteiger partial charge in [-0.3, -0.25) is 4.79 Å². The van der Waals surface area contributed by atoms with E-state index in [9.17, 15) is 22.4 Å². The molecule has 0 atom stereocenters. The minimum atomic E-state index is -1.00. The Hall–Kier alpha value is -2.43. The van der Waals surface area contributed by atoms with Gasteiger partial charge in [-0.05, 0) is 36.4 Å². The van der Waals surface area contributed by atoms with Crippen LogP contribution in [0.4, 0.5) is 17.6 Å². The lowest BCUT2D eigenvalue weighted by atomic mass is 10.1. The zero-order valence-corrected chi connectivity index (χ0v) is 10.0. The molecule has 2 aromatic rings. The number of benzene rings is 2. The second-order valence-corrected chi connectivity index (χ2v) is 3.99. The number of halogens is 4. The van der Waals surface area contributed by atoms with Crippen LogP contribution in [-0.4, -0.2) is 5.78 Å². The van der Waals surface area contributed by atoms with Gasteiger partial charge in [-0.25, -0.2) is 17.6 Å². The molecule has 0 fully saturated rings. The minimum Gasteiger partial charge on any atom is -0.289 e. The SMILES string of the molecule is O=C(/C=C/c1ccc(F)cc1F)c1ccc(F)cc1F. The third kappa shape index (κ3) is 3.12. The second kappa shape index (κ2) is 5.69. The summed E-state index contributed by atoms with van der Waals surface area (Å²) in [7, 11) is 0. The van der Waals surface area contributed by atoms with Gasteiger partial charge in [0.25, 0.3) is 0 Å². The van der Waals surface area contributed by atoms with Crippen LogP contribution in [0.3, 0.4) is 0 Å². The van der Waals surface area contributed by atoms with E-state index in [-0.39, 0.29) is 11.1 Å². The van der Waals surface area contributed by atoms with Crippen molar-refractivity contribution in [2.75, 3.05) is 0 Å². The third-order valence-electron chi connectivity index (χ3n) is 2.57. The highest BCUT2D eigenvalue weighted by atomic mass is 19.1. The number of ketones is 1. The molecular weight excluding hydrogens is 272 g/mol. The first-order valence-corrected chi connectivity index (χ1v) is 5.60. The fourth-order valence-electron chi connectivity index (χ4n) is 1.58. The summed E-state index contributed by atoms with van der Waals surface area (Å²) in [6.07, 6.45) is 2.03. The highest BCUT2D eigenvalue weighted by Gasteiger charge is 2.10. The Morgan fingerprint density at radius 1 is 0.850 bits per heavy atom. The first-order chi connectivity index (χ1) is 9.47. The van der Waals surface area contributed by atoms with Gasteiger partial charge < -0.3 is 0 Å². The van der Waals surface area contributed by atoms with Crippen LogP contribution >= 0.6 is 0 Å². The van der Waals surface area contributed by atoms with Gasteiger partial charge in [0.05, 0.1) is 5.56 Å².